The summed E-state index contributed by atoms with van der Waals surface area (Å²) in [6.07, 6.45) is 4.76. The van der Waals surface area contributed by atoms with Crippen LogP contribution in [0.5, 0.6) is 5.75 Å². The van der Waals surface area contributed by atoms with Gasteiger partial charge in [-0.3, -0.25) is 4.98 Å². The van der Waals surface area contributed by atoms with Crippen molar-refractivity contribution in [1.82, 2.24) is 14.6 Å². The molecule has 0 spiro atoms. The minimum Gasteiger partial charge on any atom is -0.505 e. The molecule has 0 saturated heterocycles. The van der Waals surface area contributed by atoms with Gasteiger partial charge in [0, 0.05) is 17.3 Å². The van der Waals surface area contributed by atoms with E-state index in [1.165, 1.54) is 17.1 Å². The van der Waals surface area contributed by atoms with E-state index in [1.807, 2.05) is 30.3 Å². The molecular weight excluding hydrogens is 324 g/mol. The van der Waals surface area contributed by atoms with Crippen molar-refractivity contribution in [3.8, 4) is 17.0 Å². The fourth-order valence-corrected chi connectivity index (χ4v) is 2.49. The average molecular weight is 340 g/mol. The van der Waals surface area contributed by atoms with E-state index < -0.39 is 0 Å². The molecule has 1 aromatic carbocycles. The number of rotatable bonds is 4. The summed E-state index contributed by atoms with van der Waals surface area (Å²) >= 11 is 5.28. The van der Waals surface area contributed by atoms with Crippen LogP contribution in [0.2, 0.25) is 0 Å². The van der Waals surface area contributed by atoms with Gasteiger partial charge in [0.15, 0.2) is 4.77 Å². The number of aliphatic hydroxyl groups excluding tert-OH is 1. The molecule has 7 heteroatoms. The summed E-state index contributed by atoms with van der Waals surface area (Å²) in [5.41, 5.74) is 3.23. The van der Waals surface area contributed by atoms with E-state index >= 15 is 0 Å². The standard InChI is InChI=1S/C17H16N4O2S/c1-11-16(23)14(13(10-22)7-18-11)8-19-21-9-15(20-17(21)24)12-5-3-2-4-6-12/h2-9,22-23H,10H2,1H3,(H,20,24)/b19-8-. The highest BCUT2D eigenvalue weighted by Crippen LogP contribution is 2.22. The van der Waals surface area contributed by atoms with E-state index in [4.69, 9.17) is 12.2 Å². The van der Waals surface area contributed by atoms with Crippen LogP contribution >= 0.6 is 12.2 Å². The molecule has 0 saturated carbocycles. The van der Waals surface area contributed by atoms with Crippen LogP contribution in [-0.2, 0) is 6.61 Å². The molecule has 0 aliphatic heterocycles. The number of H-pyrrole nitrogens is 1. The molecule has 0 radical (unpaired) electrons. The van der Waals surface area contributed by atoms with Crippen molar-refractivity contribution in [3.63, 3.8) is 0 Å². The Morgan fingerprint density at radius 3 is 2.79 bits per heavy atom. The quantitative estimate of drug-likeness (QED) is 0.503. The van der Waals surface area contributed by atoms with E-state index in [0.29, 0.717) is 21.6 Å². The average Bonchev–Trinajstić information content (AvgIpc) is 2.98. The Hall–Kier alpha value is -2.77. The molecule has 0 fully saturated rings. The summed E-state index contributed by atoms with van der Waals surface area (Å²) in [6.45, 7) is 1.44. The van der Waals surface area contributed by atoms with Gasteiger partial charge in [0.2, 0.25) is 0 Å². The van der Waals surface area contributed by atoms with Gasteiger partial charge in [-0.1, -0.05) is 30.3 Å². The van der Waals surface area contributed by atoms with Crippen molar-refractivity contribution in [2.45, 2.75) is 13.5 Å². The minimum absolute atomic E-state index is 0.00404. The lowest BCUT2D eigenvalue weighted by molar-refractivity contribution is 0.280. The second-order valence-electron chi connectivity index (χ2n) is 5.22. The zero-order valence-corrected chi connectivity index (χ0v) is 13.8. The Morgan fingerprint density at radius 2 is 2.08 bits per heavy atom. The molecule has 3 aromatic rings. The maximum atomic E-state index is 10.1. The zero-order chi connectivity index (χ0) is 17.1. The van der Waals surface area contributed by atoms with E-state index in [-0.39, 0.29) is 12.4 Å². The summed E-state index contributed by atoms with van der Waals surface area (Å²) in [5, 5.41) is 23.8. The lowest BCUT2D eigenvalue weighted by Gasteiger charge is -2.06. The second kappa shape index (κ2) is 6.77. The number of aliphatic hydroxyl groups is 1. The minimum atomic E-state index is -0.240. The van der Waals surface area contributed by atoms with Gasteiger partial charge in [-0.25, -0.2) is 4.68 Å². The fourth-order valence-electron chi connectivity index (χ4n) is 2.28. The highest BCUT2D eigenvalue weighted by atomic mass is 32.1. The lowest BCUT2D eigenvalue weighted by Crippen LogP contribution is -1.99. The molecule has 122 valence electrons. The normalized spacial score (nSPS) is 11.2. The molecule has 0 amide bonds. The zero-order valence-electron chi connectivity index (χ0n) is 13.0. The second-order valence-corrected chi connectivity index (χ2v) is 5.60. The Bertz CT molecular complexity index is 945. The van der Waals surface area contributed by atoms with Crippen LogP contribution in [0.1, 0.15) is 16.8 Å². The number of hydrogen-bond donors (Lipinski definition) is 3. The van der Waals surface area contributed by atoms with Gasteiger partial charge in [-0.15, -0.1) is 0 Å². The van der Waals surface area contributed by atoms with Gasteiger partial charge in [-0.05, 0) is 24.7 Å². The largest absolute Gasteiger partial charge is 0.505 e. The van der Waals surface area contributed by atoms with Crippen molar-refractivity contribution in [2.75, 3.05) is 0 Å². The smallest absolute Gasteiger partial charge is 0.198 e. The molecule has 2 aromatic heterocycles. The number of aromatic hydroxyl groups is 1. The summed E-state index contributed by atoms with van der Waals surface area (Å²) in [6, 6.07) is 9.77. The van der Waals surface area contributed by atoms with Gasteiger partial charge >= 0.3 is 0 Å². The molecule has 6 nitrogen and oxygen atoms in total. The van der Waals surface area contributed by atoms with Crippen molar-refractivity contribution in [1.29, 1.82) is 0 Å². The number of aromatic amines is 1. The van der Waals surface area contributed by atoms with E-state index in [0.717, 1.165) is 11.3 Å². The molecule has 3 rings (SSSR count). The SMILES string of the molecule is Cc1ncc(CO)c(/C=N\n2cc(-c3ccccc3)[nH]c2=S)c1O. The predicted octanol–water partition coefficient (Wildman–Crippen LogP) is 3.00. The molecule has 0 unspecified atom stereocenters. The van der Waals surface area contributed by atoms with E-state index in [9.17, 15) is 10.2 Å². The highest BCUT2D eigenvalue weighted by Gasteiger charge is 2.09. The van der Waals surface area contributed by atoms with Crippen LogP contribution in [0.4, 0.5) is 0 Å². The maximum Gasteiger partial charge on any atom is 0.198 e. The van der Waals surface area contributed by atoms with Crippen molar-refractivity contribution in [2.24, 2.45) is 5.10 Å². The number of hydrogen-bond acceptors (Lipinski definition) is 5. The molecule has 0 aliphatic carbocycles. The van der Waals surface area contributed by atoms with Crippen molar-refractivity contribution >= 4 is 18.4 Å². The number of aryl methyl sites for hydroxylation is 1. The number of nitrogens with one attached hydrogen (secondary N) is 1. The van der Waals surface area contributed by atoms with Crippen LogP contribution in [0.3, 0.4) is 0 Å². The summed E-state index contributed by atoms with van der Waals surface area (Å²) in [7, 11) is 0. The van der Waals surface area contributed by atoms with Crippen molar-refractivity contribution < 1.29 is 10.2 Å². The van der Waals surface area contributed by atoms with Crippen LogP contribution in [0.25, 0.3) is 11.3 Å². The highest BCUT2D eigenvalue weighted by molar-refractivity contribution is 7.71. The number of benzene rings is 1. The molecule has 24 heavy (non-hydrogen) atoms. The first-order valence-electron chi connectivity index (χ1n) is 7.30. The topological polar surface area (TPSA) is 86.4 Å². The maximum absolute atomic E-state index is 10.1. The molecule has 2 heterocycles. The monoisotopic (exact) mass is 340 g/mol. The van der Waals surface area contributed by atoms with Gasteiger partial charge in [0.1, 0.15) is 5.75 Å². The summed E-state index contributed by atoms with van der Waals surface area (Å²) in [4.78, 5) is 7.11. The van der Waals surface area contributed by atoms with Crippen LogP contribution < -0.4 is 0 Å². The molecule has 0 bridgehead atoms. The third kappa shape index (κ3) is 3.12. The number of aromatic nitrogens is 3. The molecular formula is C17H16N4O2S. The number of imidazole rings is 1. The van der Waals surface area contributed by atoms with Crippen molar-refractivity contribution in [3.05, 3.63) is 64.3 Å². The third-order valence-electron chi connectivity index (χ3n) is 3.63. The predicted molar refractivity (Wildman–Crippen MR) is 94.6 cm³/mol. The number of pyridine rings is 1. The van der Waals surface area contributed by atoms with Crippen LogP contribution in [-0.4, -0.2) is 31.1 Å². The van der Waals surface area contributed by atoms with Crippen LogP contribution in [0.15, 0.2) is 47.8 Å². The van der Waals surface area contributed by atoms with Gasteiger partial charge in [-0.2, -0.15) is 5.10 Å². The van der Waals surface area contributed by atoms with E-state index in [2.05, 4.69) is 15.1 Å². The fraction of sp³-hybridized carbons (Fsp3) is 0.118. The first kappa shape index (κ1) is 16.1. The van der Waals surface area contributed by atoms with Gasteiger partial charge in [0.25, 0.3) is 0 Å². The molecule has 0 aliphatic rings. The Kier molecular flexibility index (Phi) is 4.54. The first-order valence-corrected chi connectivity index (χ1v) is 7.70. The summed E-state index contributed by atoms with van der Waals surface area (Å²) < 4.78 is 1.94. The lowest BCUT2D eigenvalue weighted by atomic mass is 10.1. The third-order valence-corrected chi connectivity index (χ3v) is 3.91. The Labute approximate surface area is 143 Å². The first-order chi connectivity index (χ1) is 11.6. The van der Waals surface area contributed by atoms with Crippen LogP contribution in [0, 0.1) is 11.7 Å². The van der Waals surface area contributed by atoms with Gasteiger partial charge < -0.3 is 15.2 Å². The number of nitrogens with zero attached hydrogens (tertiary/aromatic N) is 3. The van der Waals surface area contributed by atoms with Gasteiger partial charge in [0.05, 0.1) is 30.4 Å². The Morgan fingerprint density at radius 1 is 1.33 bits per heavy atom. The Balaban J connectivity index is 1.98. The molecule has 0 atom stereocenters. The molecule has 3 N–H and O–H groups in total. The van der Waals surface area contributed by atoms with E-state index in [1.54, 1.807) is 13.1 Å². The summed E-state index contributed by atoms with van der Waals surface area (Å²) in [5.74, 6) is -0.00404.